The van der Waals surface area contributed by atoms with E-state index in [0.717, 1.165) is 0 Å². The van der Waals surface area contributed by atoms with Crippen LogP contribution in [0.2, 0.25) is 0 Å². The lowest BCUT2D eigenvalue weighted by atomic mass is 10.2. The van der Waals surface area contributed by atoms with Crippen LogP contribution in [-0.2, 0) is 9.47 Å². The number of hydrogen-bond donors (Lipinski definition) is 1. The largest absolute Gasteiger partial charge is 0.382 e. The fraction of sp³-hybridized carbons (Fsp3) is 0.417. The number of halogens is 1. The highest BCUT2D eigenvalue weighted by Crippen LogP contribution is 2.17. The lowest BCUT2D eigenvalue weighted by molar-refractivity contribution is 0.0365. The lowest BCUT2D eigenvalue weighted by Gasteiger charge is -2.16. The SMILES string of the molecule is COCC(CNc1cccc(F)c1C#N)OC. The number of benzene rings is 1. The highest BCUT2D eigenvalue weighted by atomic mass is 19.1. The second-order valence-corrected chi connectivity index (χ2v) is 3.47. The summed E-state index contributed by atoms with van der Waals surface area (Å²) in [5.74, 6) is -0.529. The predicted molar refractivity (Wildman–Crippen MR) is 62.3 cm³/mol. The van der Waals surface area contributed by atoms with E-state index >= 15 is 0 Å². The average molecular weight is 238 g/mol. The van der Waals surface area contributed by atoms with Gasteiger partial charge in [-0.25, -0.2) is 4.39 Å². The topological polar surface area (TPSA) is 54.3 Å². The van der Waals surface area contributed by atoms with Gasteiger partial charge in [-0.3, -0.25) is 0 Å². The van der Waals surface area contributed by atoms with Gasteiger partial charge in [0.2, 0.25) is 0 Å². The van der Waals surface area contributed by atoms with Gasteiger partial charge in [0.25, 0.3) is 0 Å². The van der Waals surface area contributed by atoms with Crippen LogP contribution in [0.3, 0.4) is 0 Å². The van der Waals surface area contributed by atoms with E-state index in [1.807, 2.05) is 6.07 Å². The average Bonchev–Trinajstić information content (AvgIpc) is 2.34. The van der Waals surface area contributed by atoms with Crippen LogP contribution < -0.4 is 5.32 Å². The molecule has 0 saturated carbocycles. The van der Waals surface area contributed by atoms with Crippen LogP contribution in [-0.4, -0.2) is 33.5 Å². The molecule has 1 N–H and O–H groups in total. The Hall–Kier alpha value is -1.64. The molecule has 1 unspecified atom stereocenters. The molecule has 5 heteroatoms. The van der Waals surface area contributed by atoms with Crippen LogP contribution in [0.25, 0.3) is 0 Å². The normalized spacial score (nSPS) is 11.9. The zero-order chi connectivity index (χ0) is 12.7. The minimum Gasteiger partial charge on any atom is -0.382 e. The zero-order valence-corrected chi connectivity index (χ0v) is 9.87. The number of ether oxygens (including phenoxy) is 2. The lowest BCUT2D eigenvalue weighted by Crippen LogP contribution is -2.26. The van der Waals surface area contributed by atoms with Gasteiger partial charge in [-0.15, -0.1) is 0 Å². The van der Waals surface area contributed by atoms with Gasteiger partial charge in [0.05, 0.1) is 18.4 Å². The number of rotatable bonds is 6. The van der Waals surface area contributed by atoms with E-state index in [1.165, 1.54) is 6.07 Å². The van der Waals surface area contributed by atoms with Crippen LogP contribution in [0, 0.1) is 17.1 Å². The monoisotopic (exact) mass is 238 g/mol. The molecule has 0 spiro atoms. The Bertz CT molecular complexity index is 404. The van der Waals surface area contributed by atoms with Crippen molar-refractivity contribution in [1.82, 2.24) is 0 Å². The summed E-state index contributed by atoms with van der Waals surface area (Å²) in [7, 11) is 3.15. The van der Waals surface area contributed by atoms with Crippen molar-refractivity contribution in [3.05, 3.63) is 29.6 Å². The number of methoxy groups -OCH3 is 2. The standard InChI is InChI=1S/C12H15FN2O2/c1-16-8-9(17-2)7-15-12-5-3-4-11(13)10(12)6-14/h3-5,9,15H,7-8H2,1-2H3. The maximum atomic E-state index is 13.3. The summed E-state index contributed by atoms with van der Waals surface area (Å²) in [6.45, 7) is 0.878. The Morgan fingerprint density at radius 1 is 1.47 bits per heavy atom. The molecule has 92 valence electrons. The van der Waals surface area contributed by atoms with Gasteiger partial charge < -0.3 is 14.8 Å². The molecule has 0 heterocycles. The van der Waals surface area contributed by atoms with Crippen molar-refractivity contribution in [2.75, 3.05) is 32.7 Å². The summed E-state index contributed by atoms with van der Waals surface area (Å²) >= 11 is 0. The molecule has 4 nitrogen and oxygen atoms in total. The van der Waals surface area contributed by atoms with Crippen LogP contribution in [0.4, 0.5) is 10.1 Å². The summed E-state index contributed by atoms with van der Waals surface area (Å²) in [5.41, 5.74) is 0.477. The molecule has 0 aromatic heterocycles. The summed E-state index contributed by atoms with van der Waals surface area (Å²) in [4.78, 5) is 0. The van der Waals surface area contributed by atoms with E-state index in [-0.39, 0.29) is 11.7 Å². The summed E-state index contributed by atoms with van der Waals surface area (Å²) in [6, 6.07) is 6.29. The molecule has 1 aromatic carbocycles. The summed E-state index contributed by atoms with van der Waals surface area (Å²) < 4.78 is 23.4. The molecule has 0 aliphatic rings. The highest BCUT2D eigenvalue weighted by molar-refractivity contribution is 5.57. The van der Waals surface area contributed by atoms with Gasteiger partial charge in [-0.2, -0.15) is 5.26 Å². The highest BCUT2D eigenvalue weighted by Gasteiger charge is 2.10. The third-order valence-electron chi connectivity index (χ3n) is 2.33. The molecule has 1 atom stereocenters. The molecule has 0 fully saturated rings. The number of nitriles is 1. The van der Waals surface area contributed by atoms with E-state index in [0.29, 0.717) is 18.8 Å². The Morgan fingerprint density at radius 2 is 2.24 bits per heavy atom. The smallest absolute Gasteiger partial charge is 0.143 e. The molecule has 0 aliphatic carbocycles. The predicted octanol–water partition coefficient (Wildman–Crippen LogP) is 1.77. The summed E-state index contributed by atoms with van der Waals surface area (Å²) in [6.07, 6.45) is -0.144. The third kappa shape index (κ3) is 3.70. The minimum atomic E-state index is -0.529. The maximum Gasteiger partial charge on any atom is 0.143 e. The van der Waals surface area contributed by atoms with Crippen molar-refractivity contribution < 1.29 is 13.9 Å². The van der Waals surface area contributed by atoms with Crippen molar-refractivity contribution in [3.8, 4) is 6.07 Å². The van der Waals surface area contributed by atoms with Crippen LogP contribution in [0.15, 0.2) is 18.2 Å². The molecule has 0 radical (unpaired) electrons. The van der Waals surface area contributed by atoms with E-state index in [1.54, 1.807) is 26.4 Å². The van der Waals surface area contributed by atoms with E-state index < -0.39 is 5.82 Å². The van der Waals surface area contributed by atoms with Gasteiger partial charge in [0.15, 0.2) is 0 Å². The van der Waals surface area contributed by atoms with Gasteiger partial charge in [0, 0.05) is 20.8 Å². The van der Waals surface area contributed by atoms with E-state index in [4.69, 9.17) is 14.7 Å². The Balaban J connectivity index is 2.69. The number of nitrogens with zero attached hydrogens (tertiary/aromatic N) is 1. The zero-order valence-electron chi connectivity index (χ0n) is 9.87. The molecule has 17 heavy (non-hydrogen) atoms. The molecule has 0 aliphatic heterocycles. The van der Waals surface area contributed by atoms with Gasteiger partial charge in [-0.1, -0.05) is 6.07 Å². The van der Waals surface area contributed by atoms with Crippen molar-refractivity contribution in [1.29, 1.82) is 5.26 Å². The molecular formula is C12H15FN2O2. The quantitative estimate of drug-likeness (QED) is 0.820. The summed E-state index contributed by atoms with van der Waals surface area (Å²) in [5, 5.41) is 11.8. The number of nitrogens with one attached hydrogen (secondary N) is 1. The minimum absolute atomic E-state index is 0.0137. The van der Waals surface area contributed by atoms with E-state index in [9.17, 15) is 4.39 Å². The van der Waals surface area contributed by atoms with Crippen LogP contribution >= 0.6 is 0 Å². The second-order valence-electron chi connectivity index (χ2n) is 3.47. The van der Waals surface area contributed by atoms with Crippen LogP contribution in [0.1, 0.15) is 5.56 Å². The first-order chi connectivity index (χ1) is 8.22. The van der Waals surface area contributed by atoms with E-state index in [2.05, 4.69) is 5.32 Å². The maximum absolute atomic E-state index is 13.3. The second kappa shape index (κ2) is 6.84. The van der Waals surface area contributed by atoms with Crippen molar-refractivity contribution >= 4 is 5.69 Å². The third-order valence-corrected chi connectivity index (χ3v) is 2.33. The fourth-order valence-corrected chi connectivity index (χ4v) is 1.41. The molecule has 0 amide bonds. The van der Waals surface area contributed by atoms with Crippen molar-refractivity contribution in [2.45, 2.75) is 6.10 Å². The van der Waals surface area contributed by atoms with Crippen molar-refractivity contribution in [3.63, 3.8) is 0 Å². The van der Waals surface area contributed by atoms with Gasteiger partial charge in [-0.05, 0) is 12.1 Å². The van der Waals surface area contributed by atoms with Gasteiger partial charge >= 0.3 is 0 Å². The Labute approximate surface area is 100.0 Å². The number of hydrogen-bond acceptors (Lipinski definition) is 4. The Kier molecular flexibility index (Phi) is 5.40. The first-order valence-electron chi connectivity index (χ1n) is 5.17. The Morgan fingerprint density at radius 3 is 2.82 bits per heavy atom. The molecule has 1 rings (SSSR count). The fourth-order valence-electron chi connectivity index (χ4n) is 1.41. The first kappa shape index (κ1) is 13.4. The van der Waals surface area contributed by atoms with Crippen LogP contribution in [0.5, 0.6) is 0 Å². The molecular weight excluding hydrogens is 223 g/mol. The van der Waals surface area contributed by atoms with Gasteiger partial charge in [0.1, 0.15) is 17.4 Å². The van der Waals surface area contributed by atoms with Crippen molar-refractivity contribution in [2.24, 2.45) is 0 Å². The number of anilines is 1. The first-order valence-corrected chi connectivity index (χ1v) is 5.17. The molecule has 0 bridgehead atoms. The molecule has 1 aromatic rings. The molecule has 0 saturated heterocycles.